The molecule has 0 spiro atoms. The molecule has 0 aliphatic heterocycles. The Morgan fingerprint density at radius 1 is 1.24 bits per heavy atom. The van der Waals surface area contributed by atoms with E-state index in [2.05, 4.69) is 15.0 Å². The lowest BCUT2D eigenvalue weighted by Gasteiger charge is -2.07. The van der Waals surface area contributed by atoms with Gasteiger partial charge >= 0.3 is 5.76 Å². The number of benzene rings is 2. The Hall–Kier alpha value is -3.22. The summed E-state index contributed by atoms with van der Waals surface area (Å²) in [4.78, 5) is 23.9. The molecule has 1 N–H and O–H groups in total. The third-order valence-corrected chi connectivity index (χ3v) is 3.75. The van der Waals surface area contributed by atoms with Crippen LogP contribution >= 0.6 is 0 Å². The normalized spacial score (nSPS) is 10.6. The number of carbonyl (C=O) groups is 1. The van der Waals surface area contributed by atoms with Crippen molar-refractivity contribution in [3.05, 3.63) is 76.0 Å². The van der Waals surface area contributed by atoms with Crippen LogP contribution in [-0.2, 0) is 17.9 Å². The number of amides is 1. The summed E-state index contributed by atoms with van der Waals surface area (Å²) in [5.41, 5.74) is 1.85. The summed E-state index contributed by atoms with van der Waals surface area (Å²) >= 11 is 0. The van der Waals surface area contributed by atoms with Crippen LogP contribution in [0.15, 0.2) is 57.8 Å². The van der Waals surface area contributed by atoms with Gasteiger partial charge in [-0.25, -0.2) is 13.8 Å². The van der Waals surface area contributed by atoms with E-state index in [0.717, 1.165) is 4.57 Å². The van der Waals surface area contributed by atoms with E-state index in [4.69, 9.17) is 0 Å². The smallest absolute Gasteiger partial charge is 0.350 e. The van der Waals surface area contributed by atoms with E-state index in [1.54, 1.807) is 43.3 Å². The lowest BCUT2D eigenvalue weighted by atomic mass is 10.1. The zero-order valence-electron chi connectivity index (χ0n) is 13.5. The van der Waals surface area contributed by atoms with Crippen LogP contribution in [0, 0.1) is 12.7 Å². The molecule has 3 rings (SSSR count). The molecule has 128 valence electrons. The number of carbonyl (C=O) groups excluding carboxylic acids is 1. The van der Waals surface area contributed by atoms with Gasteiger partial charge in [0.1, 0.15) is 12.4 Å². The Labute approximate surface area is 142 Å². The van der Waals surface area contributed by atoms with Crippen LogP contribution in [0.4, 0.5) is 4.39 Å². The molecule has 0 bridgehead atoms. The monoisotopic (exact) mass is 341 g/mol. The van der Waals surface area contributed by atoms with E-state index in [1.165, 1.54) is 6.07 Å². The van der Waals surface area contributed by atoms with Crippen molar-refractivity contribution in [1.82, 2.24) is 15.0 Å². The van der Waals surface area contributed by atoms with Gasteiger partial charge in [0.2, 0.25) is 5.91 Å². The van der Waals surface area contributed by atoms with E-state index >= 15 is 0 Å². The highest BCUT2D eigenvalue weighted by atomic mass is 19.1. The molecule has 6 nitrogen and oxygen atoms in total. The van der Waals surface area contributed by atoms with Crippen LogP contribution in [0.25, 0.3) is 11.4 Å². The summed E-state index contributed by atoms with van der Waals surface area (Å²) < 4.78 is 19.3. The first-order chi connectivity index (χ1) is 12.0. The van der Waals surface area contributed by atoms with Crippen molar-refractivity contribution in [1.29, 1.82) is 0 Å². The molecule has 1 amide bonds. The largest absolute Gasteiger partial charge is 0.442 e. The second-order valence-electron chi connectivity index (χ2n) is 5.58. The molecule has 0 unspecified atom stereocenters. The van der Waals surface area contributed by atoms with Crippen molar-refractivity contribution >= 4 is 5.91 Å². The van der Waals surface area contributed by atoms with Crippen molar-refractivity contribution in [2.45, 2.75) is 20.0 Å². The quantitative estimate of drug-likeness (QED) is 0.772. The van der Waals surface area contributed by atoms with Crippen molar-refractivity contribution < 1.29 is 13.7 Å². The molecule has 0 fully saturated rings. The number of aromatic nitrogens is 2. The molecule has 0 aliphatic rings. The molecule has 3 aromatic rings. The second kappa shape index (κ2) is 7.12. The van der Waals surface area contributed by atoms with Crippen LogP contribution in [0.2, 0.25) is 0 Å². The van der Waals surface area contributed by atoms with Gasteiger partial charge in [-0.15, -0.1) is 0 Å². The number of hydrogen-bond acceptors (Lipinski definition) is 4. The molecule has 25 heavy (non-hydrogen) atoms. The van der Waals surface area contributed by atoms with Gasteiger partial charge in [-0.2, -0.15) is 0 Å². The van der Waals surface area contributed by atoms with Crippen LogP contribution < -0.4 is 11.1 Å². The van der Waals surface area contributed by atoms with E-state index in [9.17, 15) is 14.0 Å². The maximum atomic E-state index is 13.5. The van der Waals surface area contributed by atoms with Gasteiger partial charge in [0.05, 0.1) is 0 Å². The minimum atomic E-state index is -0.713. The van der Waals surface area contributed by atoms with Gasteiger partial charge in [0.25, 0.3) is 0 Å². The predicted octanol–water partition coefficient (Wildman–Crippen LogP) is 2.27. The third kappa shape index (κ3) is 3.82. The Kier molecular flexibility index (Phi) is 4.74. The number of rotatable bonds is 5. The average molecular weight is 341 g/mol. The molecule has 0 saturated heterocycles. The third-order valence-electron chi connectivity index (χ3n) is 3.75. The van der Waals surface area contributed by atoms with Gasteiger partial charge in [0, 0.05) is 12.1 Å². The van der Waals surface area contributed by atoms with Crippen LogP contribution in [0.3, 0.4) is 0 Å². The van der Waals surface area contributed by atoms with Crippen LogP contribution in [0.5, 0.6) is 0 Å². The van der Waals surface area contributed by atoms with Crippen molar-refractivity contribution in [3.63, 3.8) is 0 Å². The van der Waals surface area contributed by atoms with Gasteiger partial charge < -0.3 is 5.32 Å². The molecular formula is C18H16FN3O3. The fourth-order valence-electron chi connectivity index (χ4n) is 2.35. The molecule has 1 aromatic heterocycles. The SMILES string of the molecule is Cc1ccc(CNC(=O)Cn2c(-c3ccccc3)noc2=O)cc1F. The summed E-state index contributed by atoms with van der Waals surface area (Å²) in [6.07, 6.45) is 0. The fourth-order valence-corrected chi connectivity index (χ4v) is 2.35. The molecular weight excluding hydrogens is 325 g/mol. The van der Waals surface area contributed by atoms with Crippen molar-refractivity contribution in [2.75, 3.05) is 0 Å². The minimum absolute atomic E-state index is 0.163. The molecule has 0 atom stereocenters. The minimum Gasteiger partial charge on any atom is -0.350 e. The molecule has 2 aromatic carbocycles. The Balaban J connectivity index is 1.70. The maximum absolute atomic E-state index is 13.5. The van der Waals surface area contributed by atoms with Crippen molar-refractivity contribution in [2.24, 2.45) is 0 Å². The number of nitrogens with zero attached hydrogens (tertiary/aromatic N) is 2. The van der Waals surface area contributed by atoms with E-state index in [-0.39, 0.29) is 24.7 Å². The molecule has 0 aliphatic carbocycles. The number of aryl methyl sites for hydroxylation is 1. The average Bonchev–Trinajstić information content (AvgIpc) is 2.97. The molecule has 1 heterocycles. The summed E-state index contributed by atoms with van der Waals surface area (Å²) in [6, 6.07) is 13.7. The van der Waals surface area contributed by atoms with E-state index < -0.39 is 11.7 Å². The Morgan fingerprint density at radius 2 is 2.00 bits per heavy atom. The standard InChI is InChI=1S/C18H16FN3O3/c1-12-7-8-13(9-15(12)19)10-20-16(23)11-22-17(21-25-18(22)24)14-5-3-2-4-6-14/h2-9H,10-11H2,1H3,(H,20,23). The van der Waals surface area contributed by atoms with Crippen LogP contribution in [0.1, 0.15) is 11.1 Å². The van der Waals surface area contributed by atoms with Crippen LogP contribution in [-0.4, -0.2) is 15.6 Å². The van der Waals surface area contributed by atoms with Gasteiger partial charge in [-0.1, -0.05) is 47.6 Å². The number of hydrogen-bond donors (Lipinski definition) is 1. The zero-order chi connectivity index (χ0) is 17.8. The van der Waals surface area contributed by atoms with E-state index in [0.29, 0.717) is 16.7 Å². The highest BCUT2D eigenvalue weighted by Crippen LogP contribution is 2.14. The molecule has 0 radical (unpaired) electrons. The zero-order valence-corrected chi connectivity index (χ0v) is 13.5. The number of nitrogens with one attached hydrogen (secondary N) is 1. The first kappa shape index (κ1) is 16.6. The maximum Gasteiger partial charge on any atom is 0.442 e. The topological polar surface area (TPSA) is 77.1 Å². The predicted molar refractivity (Wildman–Crippen MR) is 89.2 cm³/mol. The molecule has 7 heteroatoms. The van der Waals surface area contributed by atoms with Gasteiger partial charge in [0.15, 0.2) is 5.82 Å². The van der Waals surface area contributed by atoms with Gasteiger partial charge in [-0.3, -0.25) is 9.32 Å². The molecule has 0 saturated carbocycles. The Bertz CT molecular complexity index is 948. The first-order valence-corrected chi connectivity index (χ1v) is 7.68. The lowest BCUT2D eigenvalue weighted by Crippen LogP contribution is -2.30. The van der Waals surface area contributed by atoms with E-state index in [1.807, 2.05) is 6.07 Å². The van der Waals surface area contributed by atoms with Crippen molar-refractivity contribution in [3.8, 4) is 11.4 Å². The Morgan fingerprint density at radius 3 is 2.72 bits per heavy atom. The highest BCUT2D eigenvalue weighted by molar-refractivity contribution is 5.76. The highest BCUT2D eigenvalue weighted by Gasteiger charge is 2.15. The summed E-state index contributed by atoms with van der Waals surface area (Å²) in [6.45, 7) is 1.60. The first-order valence-electron chi connectivity index (χ1n) is 7.68. The summed E-state index contributed by atoms with van der Waals surface area (Å²) in [5.74, 6) is -1.16. The summed E-state index contributed by atoms with van der Waals surface area (Å²) in [7, 11) is 0. The lowest BCUT2D eigenvalue weighted by molar-refractivity contribution is -0.121. The summed E-state index contributed by atoms with van der Waals surface area (Å²) in [5, 5.41) is 6.38. The number of halogens is 1. The fraction of sp³-hybridized carbons (Fsp3) is 0.167. The second-order valence-corrected chi connectivity index (χ2v) is 5.58. The van der Waals surface area contributed by atoms with Gasteiger partial charge in [-0.05, 0) is 24.1 Å².